The van der Waals surface area contributed by atoms with Gasteiger partial charge in [-0.15, -0.1) is 0 Å². The fourth-order valence-corrected chi connectivity index (χ4v) is 4.11. The number of amides is 1. The Bertz CT molecular complexity index is 988. The van der Waals surface area contributed by atoms with Crippen molar-refractivity contribution >= 4 is 34.8 Å². The van der Waals surface area contributed by atoms with Gasteiger partial charge < -0.3 is 10.2 Å². The van der Waals surface area contributed by atoms with Crippen LogP contribution in [0.5, 0.6) is 0 Å². The Hall–Kier alpha value is -2.34. The number of H-pyrrole nitrogens is 1. The summed E-state index contributed by atoms with van der Waals surface area (Å²) in [6.45, 7) is 1.64. The third-order valence-corrected chi connectivity index (χ3v) is 5.33. The minimum absolute atomic E-state index is 0.122. The van der Waals surface area contributed by atoms with Crippen molar-refractivity contribution in [3.8, 4) is 0 Å². The highest BCUT2D eigenvalue weighted by Gasteiger charge is 2.27. The molecule has 0 bridgehead atoms. The number of carbonyl (C=O) groups excluding carboxylic acids is 1. The topological polar surface area (TPSA) is 61.0 Å². The number of fused-ring (bicyclic) bond motifs is 1. The number of carbonyl (C=O) groups is 1. The van der Waals surface area contributed by atoms with E-state index in [2.05, 4.69) is 33.5 Å². The van der Waals surface area contributed by atoms with Crippen LogP contribution in [0.15, 0.2) is 48.7 Å². The molecule has 1 unspecified atom stereocenters. The van der Waals surface area contributed by atoms with Crippen LogP contribution >= 0.6 is 23.2 Å². The van der Waals surface area contributed by atoms with Gasteiger partial charge in [0, 0.05) is 40.9 Å². The van der Waals surface area contributed by atoms with Crippen molar-refractivity contribution < 1.29 is 4.79 Å². The maximum Gasteiger partial charge on any atom is 0.276 e. The van der Waals surface area contributed by atoms with Crippen LogP contribution < -0.4 is 5.32 Å². The Morgan fingerprint density at radius 3 is 2.89 bits per heavy atom. The van der Waals surface area contributed by atoms with Crippen molar-refractivity contribution in [2.45, 2.75) is 12.5 Å². The van der Waals surface area contributed by atoms with Crippen LogP contribution in [-0.2, 0) is 6.54 Å². The first-order valence-electron chi connectivity index (χ1n) is 8.58. The number of hydrogen-bond donors (Lipinski definition) is 2. The molecule has 0 radical (unpaired) electrons. The smallest absolute Gasteiger partial charge is 0.276 e. The Morgan fingerprint density at radius 1 is 1.26 bits per heavy atom. The zero-order valence-corrected chi connectivity index (χ0v) is 16.2. The van der Waals surface area contributed by atoms with E-state index >= 15 is 0 Å². The van der Waals surface area contributed by atoms with Gasteiger partial charge in [0.05, 0.1) is 0 Å². The zero-order chi connectivity index (χ0) is 19.0. The van der Waals surface area contributed by atoms with Gasteiger partial charge in [-0.1, -0.05) is 35.3 Å². The Labute approximate surface area is 167 Å². The number of anilines is 1. The summed E-state index contributed by atoms with van der Waals surface area (Å²) in [6.07, 6.45) is 1.62. The highest BCUT2D eigenvalue weighted by atomic mass is 35.5. The lowest BCUT2D eigenvalue weighted by Gasteiger charge is -2.33. The van der Waals surface area contributed by atoms with Crippen LogP contribution in [0.25, 0.3) is 0 Å². The normalized spacial score (nSPS) is 16.8. The molecule has 0 spiro atoms. The average molecular weight is 401 g/mol. The number of nitrogens with zero attached hydrogens (tertiary/aromatic N) is 2. The molecule has 3 aromatic rings. The van der Waals surface area contributed by atoms with Crippen molar-refractivity contribution in [1.29, 1.82) is 0 Å². The fourth-order valence-electron chi connectivity index (χ4n) is 3.55. The van der Waals surface area contributed by atoms with Gasteiger partial charge >= 0.3 is 0 Å². The summed E-state index contributed by atoms with van der Waals surface area (Å²) in [6, 6.07) is 13.3. The molecule has 5 nitrogen and oxygen atoms in total. The average Bonchev–Trinajstić information content (AvgIpc) is 3.17. The van der Waals surface area contributed by atoms with Crippen LogP contribution in [0.1, 0.15) is 33.1 Å². The standard InChI is InChI=1S/C20H18Cl2N4O/c1-26-10-16(15-8-13(21)9-18(22)17(15)11-26)12-3-2-4-14(7-12)24-20(27)19-5-6-23-25-19/h2-9,16H,10-11H2,1H3,(H,23,25)(H,24,27). The number of hydrogen-bond acceptors (Lipinski definition) is 3. The van der Waals surface area contributed by atoms with E-state index in [0.29, 0.717) is 15.7 Å². The maximum absolute atomic E-state index is 12.3. The summed E-state index contributed by atoms with van der Waals surface area (Å²) in [5.74, 6) is -0.127. The van der Waals surface area contributed by atoms with Crippen molar-refractivity contribution in [2.24, 2.45) is 0 Å². The van der Waals surface area contributed by atoms with Gasteiger partial charge in [0.2, 0.25) is 0 Å². The minimum atomic E-state index is -0.249. The highest BCUT2D eigenvalue weighted by molar-refractivity contribution is 6.35. The van der Waals surface area contributed by atoms with Gasteiger partial charge in [-0.05, 0) is 54.1 Å². The number of halogens is 2. The predicted octanol–water partition coefficient (Wildman–Crippen LogP) is 4.55. The zero-order valence-electron chi connectivity index (χ0n) is 14.7. The molecule has 138 valence electrons. The Kier molecular flexibility index (Phi) is 4.91. The molecular formula is C20H18Cl2N4O. The molecule has 1 aliphatic heterocycles. The monoisotopic (exact) mass is 400 g/mol. The quantitative estimate of drug-likeness (QED) is 0.677. The van der Waals surface area contributed by atoms with Crippen LogP contribution in [0.4, 0.5) is 5.69 Å². The van der Waals surface area contributed by atoms with E-state index in [4.69, 9.17) is 23.2 Å². The van der Waals surface area contributed by atoms with Crippen molar-refractivity contribution in [1.82, 2.24) is 15.1 Å². The maximum atomic E-state index is 12.3. The van der Waals surface area contributed by atoms with Gasteiger partial charge in [0.25, 0.3) is 5.91 Å². The number of benzene rings is 2. The molecule has 2 aromatic carbocycles. The molecule has 0 saturated carbocycles. The summed E-state index contributed by atoms with van der Waals surface area (Å²) < 4.78 is 0. The number of rotatable bonds is 3. The third-order valence-electron chi connectivity index (χ3n) is 4.77. The summed E-state index contributed by atoms with van der Waals surface area (Å²) in [7, 11) is 2.07. The minimum Gasteiger partial charge on any atom is -0.321 e. The fraction of sp³-hybridized carbons (Fsp3) is 0.200. The molecule has 1 atom stereocenters. The van der Waals surface area contributed by atoms with Gasteiger partial charge in [-0.3, -0.25) is 9.89 Å². The van der Waals surface area contributed by atoms with E-state index in [9.17, 15) is 4.79 Å². The van der Waals surface area contributed by atoms with Crippen LogP contribution in [-0.4, -0.2) is 34.6 Å². The lowest BCUT2D eigenvalue weighted by molar-refractivity contribution is 0.102. The predicted molar refractivity (Wildman–Crippen MR) is 108 cm³/mol. The Morgan fingerprint density at radius 2 is 2.11 bits per heavy atom. The van der Waals surface area contributed by atoms with Crippen molar-refractivity contribution in [2.75, 3.05) is 18.9 Å². The largest absolute Gasteiger partial charge is 0.321 e. The van der Waals surface area contributed by atoms with Gasteiger partial charge in [0.15, 0.2) is 0 Å². The third kappa shape index (κ3) is 3.72. The number of aromatic amines is 1. The second-order valence-corrected chi connectivity index (χ2v) is 7.59. The molecule has 2 N–H and O–H groups in total. The van der Waals surface area contributed by atoms with E-state index in [1.165, 1.54) is 0 Å². The molecule has 4 rings (SSSR count). The first kappa shape index (κ1) is 18.0. The van der Waals surface area contributed by atoms with E-state index in [0.717, 1.165) is 35.5 Å². The molecule has 0 fully saturated rings. The van der Waals surface area contributed by atoms with E-state index < -0.39 is 0 Å². The molecule has 1 amide bonds. The van der Waals surface area contributed by atoms with Gasteiger partial charge in [-0.2, -0.15) is 5.10 Å². The molecular weight excluding hydrogens is 383 g/mol. The number of nitrogens with one attached hydrogen (secondary N) is 2. The van der Waals surface area contributed by atoms with Gasteiger partial charge in [0.1, 0.15) is 5.69 Å². The summed E-state index contributed by atoms with van der Waals surface area (Å²) in [4.78, 5) is 14.5. The molecule has 1 aliphatic rings. The Balaban J connectivity index is 1.67. The number of likely N-dealkylation sites (N-methyl/N-ethyl adjacent to an activating group) is 1. The first-order chi connectivity index (χ1) is 13.0. The van der Waals surface area contributed by atoms with Crippen LogP contribution in [0.3, 0.4) is 0 Å². The molecule has 2 heterocycles. The highest BCUT2D eigenvalue weighted by Crippen LogP contribution is 2.38. The summed E-state index contributed by atoms with van der Waals surface area (Å²) in [5.41, 5.74) is 4.42. The van der Waals surface area contributed by atoms with E-state index in [-0.39, 0.29) is 11.8 Å². The molecule has 0 saturated heterocycles. The first-order valence-corrected chi connectivity index (χ1v) is 9.34. The van der Waals surface area contributed by atoms with E-state index in [1.54, 1.807) is 18.3 Å². The van der Waals surface area contributed by atoms with Crippen LogP contribution in [0.2, 0.25) is 10.0 Å². The lowest BCUT2D eigenvalue weighted by Crippen LogP contribution is -2.31. The van der Waals surface area contributed by atoms with E-state index in [1.807, 2.05) is 24.3 Å². The van der Waals surface area contributed by atoms with Crippen LogP contribution in [0, 0.1) is 0 Å². The van der Waals surface area contributed by atoms with Crippen molar-refractivity contribution in [3.05, 3.63) is 81.1 Å². The molecule has 7 heteroatoms. The lowest BCUT2D eigenvalue weighted by atomic mass is 9.84. The second kappa shape index (κ2) is 7.35. The molecule has 0 aliphatic carbocycles. The summed E-state index contributed by atoms with van der Waals surface area (Å²) >= 11 is 12.7. The number of aromatic nitrogens is 2. The second-order valence-electron chi connectivity index (χ2n) is 6.74. The molecule has 27 heavy (non-hydrogen) atoms. The van der Waals surface area contributed by atoms with Crippen molar-refractivity contribution in [3.63, 3.8) is 0 Å². The summed E-state index contributed by atoms with van der Waals surface area (Å²) in [5, 5.41) is 10.8. The van der Waals surface area contributed by atoms with Gasteiger partial charge in [-0.25, -0.2) is 0 Å². The SMILES string of the molecule is CN1Cc2c(Cl)cc(Cl)cc2C(c2cccc(NC(=O)c3cc[nH]n3)c2)C1. The molecule has 1 aromatic heterocycles.